The van der Waals surface area contributed by atoms with Gasteiger partial charge in [0.05, 0.1) is 5.75 Å². The molecule has 1 aliphatic rings. The van der Waals surface area contributed by atoms with Crippen LogP contribution >= 0.6 is 0 Å². The van der Waals surface area contributed by atoms with E-state index in [1.54, 1.807) is 6.07 Å². The number of hydrogen-bond acceptors (Lipinski definition) is 7. The van der Waals surface area contributed by atoms with Crippen LogP contribution in [0.3, 0.4) is 0 Å². The Labute approximate surface area is 103 Å². The van der Waals surface area contributed by atoms with Gasteiger partial charge in [-0.15, -0.1) is 0 Å². The highest BCUT2D eigenvalue weighted by molar-refractivity contribution is 7.91. The summed E-state index contributed by atoms with van der Waals surface area (Å²) in [5.74, 6) is 0.575. The molecule has 1 fully saturated rings. The van der Waals surface area contributed by atoms with Crippen LogP contribution in [0, 0.1) is 0 Å². The van der Waals surface area contributed by atoms with Gasteiger partial charge in [-0.1, -0.05) is 16.7 Å². The summed E-state index contributed by atoms with van der Waals surface area (Å²) < 4.78 is 33.5. The molecule has 1 unspecified atom stereocenters. The van der Waals surface area contributed by atoms with Crippen LogP contribution in [-0.4, -0.2) is 29.5 Å². The summed E-state index contributed by atoms with van der Waals surface area (Å²) in [5, 5.41) is 6.72. The van der Waals surface area contributed by atoms with E-state index >= 15 is 0 Å². The molecule has 1 atom stereocenters. The SMILES string of the molecule is O=S1(=O)CCCCC1c1nc(-c2ccon2)no1. The van der Waals surface area contributed by atoms with E-state index in [2.05, 4.69) is 19.8 Å². The number of nitrogens with zero attached hydrogens (tertiary/aromatic N) is 3. The maximum atomic E-state index is 11.9. The third kappa shape index (κ3) is 1.92. The summed E-state index contributed by atoms with van der Waals surface area (Å²) in [7, 11) is -3.17. The number of aromatic nitrogens is 3. The quantitative estimate of drug-likeness (QED) is 0.811. The Balaban J connectivity index is 1.94. The molecule has 0 amide bonds. The molecule has 0 aliphatic carbocycles. The van der Waals surface area contributed by atoms with Gasteiger partial charge in [0.15, 0.2) is 15.5 Å². The van der Waals surface area contributed by atoms with Crippen molar-refractivity contribution in [3.05, 3.63) is 18.2 Å². The smallest absolute Gasteiger partial charge is 0.245 e. The van der Waals surface area contributed by atoms with Crippen LogP contribution in [0.1, 0.15) is 30.4 Å². The average molecular weight is 269 g/mol. The van der Waals surface area contributed by atoms with Crippen molar-refractivity contribution >= 4 is 9.84 Å². The van der Waals surface area contributed by atoms with Gasteiger partial charge >= 0.3 is 0 Å². The van der Waals surface area contributed by atoms with Crippen LogP contribution < -0.4 is 0 Å². The zero-order valence-corrected chi connectivity index (χ0v) is 10.3. The van der Waals surface area contributed by atoms with E-state index in [1.165, 1.54) is 6.26 Å². The zero-order chi connectivity index (χ0) is 12.6. The Bertz CT molecular complexity index is 632. The predicted octanol–water partition coefficient (Wildman–Crippen LogP) is 1.36. The normalized spacial score (nSPS) is 23.0. The molecule has 0 radical (unpaired) electrons. The molecule has 0 saturated carbocycles. The summed E-state index contributed by atoms with van der Waals surface area (Å²) in [6.07, 6.45) is 3.47. The maximum Gasteiger partial charge on any atom is 0.245 e. The van der Waals surface area contributed by atoms with Crippen molar-refractivity contribution in [1.29, 1.82) is 0 Å². The maximum absolute atomic E-state index is 11.9. The van der Waals surface area contributed by atoms with Gasteiger partial charge in [0.25, 0.3) is 0 Å². The molecule has 18 heavy (non-hydrogen) atoms. The Morgan fingerprint density at radius 2 is 2.17 bits per heavy atom. The van der Waals surface area contributed by atoms with Crippen LogP contribution in [0.4, 0.5) is 0 Å². The molecule has 0 spiro atoms. The minimum Gasteiger partial charge on any atom is -0.364 e. The lowest BCUT2D eigenvalue weighted by molar-refractivity contribution is 0.363. The van der Waals surface area contributed by atoms with Crippen LogP contribution in [0.25, 0.3) is 11.5 Å². The fourth-order valence-electron chi connectivity index (χ4n) is 2.03. The Hall–Kier alpha value is -1.70. The second-order valence-corrected chi connectivity index (χ2v) is 6.50. The molecule has 8 heteroatoms. The first-order valence-corrected chi connectivity index (χ1v) is 7.34. The minimum atomic E-state index is -3.17. The van der Waals surface area contributed by atoms with Gasteiger partial charge in [-0.3, -0.25) is 0 Å². The average Bonchev–Trinajstić information content (AvgIpc) is 2.99. The molecule has 0 bridgehead atoms. The molecule has 3 heterocycles. The van der Waals surface area contributed by atoms with Crippen molar-refractivity contribution in [2.45, 2.75) is 24.5 Å². The highest BCUT2D eigenvalue weighted by Gasteiger charge is 2.34. The lowest BCUT2D eigenvalue weighted by Crippen LogP contribution is -2.21. The first-order valence-electron chi connectivity index (χ1n) is 5.63. The molecule has 2 aromatic rings. The van der Waals surface area contributed by atoms with Gasteiger partial charge in [0, 0.05) is 6.07 Å². The Kier molecular flexibility index (Phi) is 2.66. The highest BCUT2D eigenvalue weighted by atomic mass is 32.2. The van der Waals surface area contributed by atoms with Crippen molar-refractivity contribution in [3.8, 4) is 11.5 Å². The standard InChI is InChI=1S/C10H11N3O4S/c14-18(15)6-2-1-3-8(18)10-11-9(13-17-10)7-4-5-16-12-7/h4-5,8H,1-3,6H2. The molecule has 1 aliphatic heterocycles. The Morgan fingerprint density at radius 3 is 2.89 bits per heavy atom. The lowest BCUT2D eigenvalue weighted by atomic mass is 10.2. The van der Waals surface area contributed by atoms with Gasteiger partial charge in [0.1, 0.15) is 11.5 Å². The van der Waals surface area contributed by atoms with E-state index < -0.39 is 15.1 Å². The van der Waals surface area contributed by atoms with Gasteiger partial charge < -0.3 is 9.05 Å². The fraction of sp³-hybridized carbons (Fsp3) is 0.500. The van der Waals surface area contributed by atoms with E-state index in [4.69, 9.17) is 4.52 Å². The number of hydrogen-bond donors (Lipinski definition) is 0. The van der Waals surface area contributed by atoms with Crippen LogP contribution in [0.15, 0.2) is 21.4 Å². The minimum absolute atomic E-state index is 0.146. The van der Waals surface area contributed by atoms with Crippen LogP contribution in [-0.2, 0) is 9.84 Å². The van der Waals surface area contributed by atoms with E-state index in [-0.39, 0.29) is 17.5 Å². The van der Waals surface area contributed by atoms with Crippen molar-refractivity contribution in [2.24, 2.45) is 0 Å². The summed E-state index contributed by atoms with van der Waals surface area (Å²) in [6, 6.07) is 1.59. The zero-order valence-electron chi connectivity index (χ0n) is 9.44. The first-order chi connectivity index (χ1) is 8.67. The third-order valence-electron chi connectivity index (χ3n) is 2.96. The number of sulfone groups is 1. The summed E-state index contributed by atoms with van der Waals surface area (Å²) in [6.45, 7) is 0. The first kappa shape index (κ1) is 11.4. The van der Waals surface area contributed by atoms with Crippen molar-refractivity contribution < 1.29 is 17.5 Å². The second-order valence-electron chi connectivity index (χ2n) is 4.19. The fourth-order valence-corrected chi connectivity index (χ4v) is 3.85. The van der Waals surface area contributed by atoms with Gasteiger partial charge in [-0.2, -0.15) is 4.98 Å². The van der Waals surface area contributed by atoms with E-state index in [1.807, 2.05) is 0 Å². The molecular formula is C10H11N3O4S. The molecule has 2 aromatic heterocycles. The van der Waals surface area contributed by atoms with Crippen LogP contribution in [0.2, 0.25) is 0 Å². The molecule has 0 aromatic carbocycles. The molecule has 1 saturated heterocycles. The van der Waals surface area contributed by atoms with Gasteiger partial charge in [0.2, 0.25) is 11.7 Å². The van der Waals surface area contributed by atoms with Crippen molar-refractivity contribution in [1.82, 2.24) is 15.3 Å². The van der Waals surface area contributed by atoms with E-state index in [9.17, 15) is 8.42 Å². The molecule has 7 nitrogen and oxygen atoms in total. The predicted molar refractivity (Wildman–Crippen MR) is 60.2 cm³/mol. The van der Waals surface area contributed by atoms with E-state index in [0.717, 1.165) is 6.42 Å². The molecular weight excluding hydrogens is 258 g/mol. The van der Waals surface area contributed by atoms with Gasteiger partial charge in [-0.25, -0.2) is 8.42 Å². The van der Waals surface area contributed by atoms with Crippen molar-refractivity contribution in [2.75, 3.05) is 5.75 Å². The highest BCUT2D eigenvalue weighted by Crippen LogP contribution is 2.33. The van der Waals surface area contributed by atoms with Gasteiger partial charge in [-0.05, 0) is 12.8 Å². The summed E-state index contributed by atoms with van der Waals surface area (Å²) in [4.78, 5) is 4.09. The van der Waals surface area contributed by atoms with E-state index in [0.29, 0.717) is 18.5 Å². The summed E-state index contributed by atoms with van der Waals surface area (Å²) >= 11 is 0. The summed E-state index contributed by atoms with van der Waals surface area (Å²) in [5.41, 5.74) is 0.429. The molecule has 0 N–H and O–H groups in total. The number of rotatable bonds is 2. The molecule has 96 valence electrons. The lowest BCUT2D eigenvalue weighted by Gasteiger charge is -2.18. The largest absolute Gasteiger partial charge is 0.364 e. The van der Waals surface area contributed by atoms with Crippen LogP contribution in [0.5, 0.6) is 0 Å². The Morgan fingerprint density at radius 1 is 1.28 bits per heavy atom. The van der Waals surface area contributed by atoms with Crippen molar-refractivity contribution in [3.63, 3.8) is 0 Å². The second kappa shape index (κ2) is 4.20. The third-order valence-corrected chi connectivity index (χ3v) is 5.12. The monoisotopic (exact) mass is 269 g/mol. The molecule has 3 rings (SSSR count). The topological polar surface area (TPSA) is 99.1 Å².